The molecule has 1 aromatic carbocycles. The Morgan fingerprint density at radius 1 is 1.04 bits per heavy atom. The fourth-order valence-electron chi connectivity index (χ4n) is 3.04. The zero-order valence-corrected chi connectivity index (χ0v) is 15.1. The number of thioether (sulfide) groups is 1. The van der Waals surface area contributed by atoms with E-state index >= 15 is 0 Å². The molecular formula is C18H20N4O2S. The molecule has 3 aromatic rings. The fourth-order valence-corrected chi connectivity index (χ4v) is 3.94. The number of fused-ring (bicyclic) bond motifs is 1. The van der Waals surface area contributed by atoms with Gasteiger partial charge in [0.1, 0.15) is 5.65 Å². The molecule has 1 aliphatic rings. The van der Waals surface area contributed by atoms with Gasteiger partial charge in [-0.05, 0) is 18.2 Å². The minimum atomic E-state index is 0.695. The smallest absolute Gasteiger partial charge is 0.211 e. The number of anilines is 1. The molecule has 1 aliphatic heterocycles. The van der Waals surface area contributed by atoms with E-state index in [0.717, 1.165) is 47.4 Å². The van der Waals surface area contributed by atoms with Crippen LogP contribution in [0.15, 0.2) is 36.7 Å². The highest BCUT2D eigenvalue weighted by Gasteiger charge is 2.18. The number of hydrogen-bond donors (Lipinski definition) is 0. The summed E-state index contributed by atoms with van der Waals surface area (Å²) in [4.78, 5) is 11.7. The van der Waals surface area contributed by atoms with Crippen LogP contribution in [0, 0.1) is 0 Å². The summed E-state index contributed by atoms with van der Waals surface area (Å²) < 4.78 is 12.8. The van der Waals surface area contributed by atoms with E-state index in [1.165, 1.54) is 0 Å². The second kappa shape index (κ2) is 6.84. The van der Waals surface area contributed by atoms with Crippen molar-refractivity contribution in [2.24, 2.45) is 0 Å². The second-order valence-electron chi connectivity index (χ2n) is 5.77. The Labute approximate surface area is 150 Å². The van der Waals surface area contributed by atoms with E-state index in [9.17, 15) is 0 Å². The van der Waals surface area contributed by atoms with Crippen molar-refractivity contribution < 1.29 is 9.47 Å². The van der Waals surface area contributed by atoms with E-state index < -0.39 is 0 Å². The van der Waals surface area contributed by atoms with Crippen LogP contribution in [0.2, 0.25) is 0 Å². The van der Waals surface area contributed by atoms with E-state index in [1.807, 2.05) is 48.4 Å². The molecule has 0 saturated carbocycles. The molecule has 0 spiro atoms. The van der Waals surface area contributed by atoms with Crippen LogP contribution in [0.1, 0.15) is 0 Å². The molecule has 25 heavy (non-hydrogen) atoms. The third-order valence-corrected chi connectivity index (χ3v) is 5.29. The molecule has 7 heteroatoms. The van der Waals surface area contributed by atoms with Crippen LogP contribution in [0.3, 0.4) is 0 Å². The van der Waals surface area contributed by atoms with Crippen LogP contribution in [0.4, 0.5) is 5.95 Å². The molecule has 0 radical (unpaired) electrons. The number of methoxy groups -OCH3 is 2. The van der Waals surface area contributed by atoms with Crippen LogP contribution in [-0.2, 0) is 0 Å². The van der Waals surface area contributed by atoms with E-state index in [2.05, 4.69) is 14.3 Å². The number of aromatic nitrogens is 3. The highest BCUT2D eigenvalue weighted by atomic mass is 32.2. The maximum Gasteiger partial charge on any atom is 0.211 e. The SMILES string of the molecule is COc1ccc(-c2cc3nccn3c(N3CCSCC3)n2)cc1OC. The molecule has 4 rings (SSSR count). The number of rotatable bonds is 4. The van der Waals surface area contributed by atoms with E-state index in [0.29, 0.717) is 11.5 Å². The molecule has 2 aromatic heterocycles. The van der Waals surface area contributed by atoms with Gasteiger partial charge in [-0.25, -0.2) is 9.97 Å². The first kappa shape index (κ1) is 16.1. The summed E-state index contributed by atoms with van der Waals surface area (Å²) >= 11 is 1.99. The Bertz CT molecular complexity index is 890. The Balaban J connectivity index is 1.82. The normalized spacial score (nSPS) is 14.7. The number of hydrogen-bond acceptors (Lipinski definition) is 6. The molecule has 1 fully saturated rings. The van der Waals surface area contributed by atoms with Crippen molar-refractivity contribution in [3.63, 3.8) is 0 Å². The molecule has 3 heterocycles. The Morgan fingerprint density at radius 3 is 2.60 bits per heavy atom. The summed E-state index contributed by atoms with van der Waals surface area (Å²) in [6, 6.07) is 7.86. The average Bonchev–Trinajstić information content (AvgIpc) is 3.16. The van der Waals surface area contributed by atoms with Gasteiger partial charge in [0.15, 0.2) is 11.5 Å². The van der Waals surface area contributed by atoms with Crippen LogP contribution < -0.4 is 14.4 Å². The lowest BCUT2D eigenvalue weighted by Crippen LogP contribution is -2.34. The summed E-state index contributed by atoms with van der Waals surface area (Å²) in [6.45, 7) is 2.00. The molecule has 1 saturated heterocycles. The van der Waals surface area contributed by atoms with Gasteiger partial charge in [-0.15, -0.1) is 0 Å². The van der Waals surface area contributed by atoms with Gasteiger partial charge in [-0.1, -0.05) is 0 Å². The quantitative estimate of drug-likeness (QED) is 0.716. The zero-order chi connectivity index (χ0) is 17.2. The number of nitrogens with zero attached hydrogens (tertiary/aromatic N) is 4. The van der Waals surface area contributed by atoms with Crippen LogP contribution >= 0.6 is 11.8 Å². The van der Waals surface area contributed by atoms with Gasteiger partial charge in [-0.2, -0.15) is 11.8 Å². The lowest BCUT2D eigenvalue weighted by atomic mass is 10.1. The van der Waals surface area contributed by atoms with Gasteiger partial charge < -0.3 is 14.4 Å². The molecule has 6 nitrogen and oxygen atoms in total. The predicted molar refractivity (Wildman–Crippen MR) is 101 cm³/mol. The van der Waals surface area contributed by atoms with Crippen molar-refractivity contribution in [2.75, 3.05) is 43.7 Å². The number of imidazole rings is 1. The van der Waals surface area contributed by atoms with Gasteiger partial charge in [0.25, 0.3) is 0 Å². The van der Waals surface area contributed by atoms with Crippen LogP contribution in [0.25, 0.3) is 16.9 Å². The third-order valence-electron chi connectivity index (χ3n) is 4.34. The Hall–Kier alpha value is -2.41. The predicted octanol–water partition coefficient (Wildman–Crippen LogP) is 2.97. The van der Waals surface area contributed by atoms with Crippen molar-refractivity contribution in [3.05, 3.63) is 36.7 Å². The van der Waals surface area contributed by atoms with Gasteiger partial charge in [0, 0.05) is 48.6 Å². The summed E-state index contributed by atoms with van der Waals surface area (Å²) in [5.74, 6) is 4.60. The van der Waals surface area contributed by atoms with Crippen LogP contribution in [-0.4, -0.2) is 53.2 Å². The first-order valence-corrected chi connectivity index (χ1v) is 9.35. The lowest BCUT2D eigenvalue weighted by molar-refractivity contribution is 0.355. The minimum absolute atomic E-state index is 0.695. The molecule has 0 bridgehead atoms. The molecule has 0 aliphatic carbocycles. The average molecular weight is 356 g/mol. The van der Waals surface area contributed by atoms with E-state index in [1.54, 1.807) is 14.2 Å². The summed E-state index contributed by atoms with van der Waals surface area (Å²) in [7, 11) is 3.28. The standard InChI is InChI=1S/C18H20N4O2S/c1-23-15-4-3-13(11-16(15)24-2)14-12-17-19-5-6-22(17)18(20-14)21-7-9-25-10-8-21/h3-6,11-12H,7-10H2,1-2H3. The highest BCUT2D eigenvalue weighted by Crippen LogP contribution is 2.33. The second-order valence-corrected chi connectivity index (χ2v) is 6.99. The van der Waals surface area contributed by atoms with E-state index in [-0.39, 0.29) is 0 Å². The summed E-state index contributed by atoms with van der Waals surface area (Å²) in [6.07, 6.45) is 3.79. The van der Waals surface area contributed by atoms with Gasteiger partial charge in [0.05, 0.1) is 19.9 Å². The third kappa shape index (κ3) is 3.00. The van der Waals surface area contributed by atoms with Gasteiger partial charge in [0.2, 0.25) is 5.95 Å². The highest BCUT2D eigenvalue weighted by molar-refractivity contribution is 7.99. The zero-order valence-electron chi connectivity index (χ0n) is 14.3. The number of ether oxygens (including phenoxy) is 2. The lowest BCUT2D eigenvalue weighted by Gasteiger charge is -2.28. The Morgan fingerprint density at radius 2 is 1.84 bits per heavy atom. The first-order valence-electron chi connectivity index (χ1n) is 8.19. The van der Waals surface area contributed by atoms with E-state index in [4.69, 9.17) is 14.5 Å². The molecule has 130 valence electrons. The van der Waals surface area contributed by atoms with Crippen molar-refractivity contribution in [3.8, 4) is 22.8 Å². The fraction of sp³-hybridized carbons (Fsp3) is 0.333. The largest absolute Gasteiger partial charge is 0.493 e. The maximum atomic E-state index is 5.43. The van der Waals surface area contributed by atoms with Gasteiger partial charge >= 0.3 is 0 Å². The number of benzene rings is 1. The topological polar surface area (TPSA) is 51.9 Å². The van der Waals surface area contributed by atoms with Crippen molar-refractivity contribution in [1.29, 1.82) is 0 Å². The van der Waals surface area contributed by atoms with Crippen molar-refractivity contribution in [1.82, 2.24) is 14.4 Å². The van der Waals surface area contributed by atoms with Crippen molar-refractivity contribution >= 4 is 23.4 Å². The molecule has 0 atom stereocenters. The van der Waals surface area contributed by atoms with Gasteiger partial charge in [-0.3, -0.25) is 4.40 Å². The minimum Gasteiger partial charge on any atom is -0.493 e. The summed E-state index contributed by atoms with van der Waals surface area (Å²) in [5.41, 5.74) is 2.76. The van der Waals surface area contributed by atoms with Crippen molar-refractivity contribution in [2.45, 2.75) is 0 Å². The molecule has 0 amide bonds. The monoisotopic (exact) mass is 356 g/mol. The first-order chi connectivity index (χ1) is 12.3. The maximum absolute atomic E-state index is 5.43. The Kier molecular flexibility index (Phi) is 4.40. The van der Waals surface area contributed by atoms with Crippen LogP contribution in [0.5, 0.6) is 11.5 Å². The molecule has 0 N–H and O–H groups in total. The summed E-state index contributed by atoms with van der Waals surface area (Å²) in [5, 5.41) is 0. The molecular weight excluding hydrogens is 336 g/mol. The molecule has 0 unspecified atom stereocenters.